The van der Waals surface area contributed by atoms with Gasteiger partial charge in [-0.3, -0.25) is 4.79 Å². The van der Waals surface area contributed by atoms with Gasteiger partial charge in [-0.25, -0.2) is 4.98 Å². The van der Waals surface area contributed by atoms with Gasteiger partial charge in [0, 0.05) is 10.8 Å². The van der Waals surface area contributed by atoms with Gasteiger partial charge in [0.25, 0.3) is 5.91 Å². The van der Waals surface area contributed by atoms with Crippen LogP contribution in [0.4, 0.5) is 0 Å². The van der Waals surface area contributed by atoms with Crippen LogP contribution in [0.3, 0.4) is 0 Å². The predicted octanol–water partition coefficient (Wildman–Crippen LogP) is 4.13. The minimum absolute atomic E-state index is 0.0252. The molecule has 0 aromatic carbocycles. The molecule has 2 rings (SSSR count). The number of thiazole rings is 1. The van der Waals surface area contributed by atoms with Crippen molar-refractivity contribution >= 4 is 28.6 Å². The highest BCUT2D eigenvalue weighted by Crippen LogP contribution is 2.25. The first-order valence-corrected chi connectivity index (χ1v) is 8.00. The average molecular weight is 294 g/mol. The van der Waals surface area contributed by atoms with Crippen molar-refractivity contribution in [3.8, 4) is 0 Å². The van der Waals surface area contributed by atoms with E-state index in [0.717, 1.165) is 15.6 Å². The molecular weight excluding hydrogens is 276 g/mol. The first-order valence-electron chi connectivity index (χ1n) is 6.30. The van der Waals surface area contributed by atoms with Crippen molar-refractivity contribution in [2.45, 2.75) is 39.7 Å². The molecule has 1 atom stereocenters. The third-order valence-corrected chi connectivity index (χ3v) is 5.34. The number of hydrogen-bond acceptors (Lipinski definition) is 4. The first-order chi connectivity index (χ1) is 8.99. The van der Waals surface area contributed by atoms with Crippen LogP contribution in [0.2, 0.25) is 0 Å². The van der Waals surface area contributed by atoms with Crippen LogP contribution in [0.1, 0.15) is 58.0 Å². The second kappa shape index (κ2) is 5.84. The Morgan fingerprint density at radius 2 is 2.11 bits per heavy atom. The SMILES string of the molecule is Cc1nc(C(C)C)sc1C(=O)NC(C)c1cccs1. The molecule has 2 heterocycles. The topological polar surface area (TPSA) is 42.0 Å². The highest BCUT2D eigenvalue weighted by molar-refractivity contribution is 7.14. The Morgan fingerprint density at radius 3 is 2.63 bits per heavy atom. The van der Waals surface area contributed by atoms with E-state index >= 15 is 0 Å². The van der Waals surface area contributed by atoms with Gasteiger partial charge in [-0.15, -0.1) is 22.7 Å². The third kappa shape index (κ3) is 3.22. The summed E-state index contributed by atoms with van der Waals surface area (Å²) in [5.41, 5.74) is 0.824. The summed E-state index contributed by atoms with van der Waals surface area (Å²) in [6.45, 7) is 8.08. The largest absolute Gasteiger partial charge is 0.344 e. The molecule has 2 aromatic heterocycles. The zero-order chi connectivity index (χ0) is 14.0. The first kappa shape index (κ1) is 14.2. The van der Waals surface area contributed by atoms with Gasteiger partial charge in [0.05, 0.1) is 16.7 Å². The molecule has 0 saturated carbocycles. The van der Waals surface area contributed by atoms with Crippen molar-refractivity contribution < 1.29 is 4.79 Å². The molecule has 2 aromatic rings. The van der Waals surface area contributed by atoms with Crippen molar-refractivity contribution in [2.24, 2.45) is 0 Å². The van der Waals surface area contributed by atoms with Gasteiger partial charge in [0.1, 0.15) is 4.88 Å². The van der Waals surface area contributed by atoms with E-state index in [9.17, 15) is 4.79 Å². The lowest BCUT2D eigenvalue weighted by Gasteiger charge is -2.11. The van der Waals surface area contributed by atoms with Gasteiger partial charge in [0.15, 0.2) is 0 Å². The molecule has 1 unspecified atom stereocenters. The van der Waals surface area contributed by atoms with E-state index in [1.165, 1.54) is 16.2 Å². The number of carbonyl (C=O) groups is 1. The standard InChI is InChI=1S/C14H18N2OS2/c1-8(2)14-16-10(4)12(19-14)13(17)15-9(3)11-6-5-7-18-11/h5-9H,1-4H3,(H,15,17). The lowest BCUT2D eigenvalue weighted by Crippen LogP contribution is -2.25. The molecule has 102 valence electrons. The number of nitrogens with one attached hydrogen (secondary N) is 1. The molecule has 1 N–H and O–H groups in total. The Hall–Kier alpha value is -1.20. The second-order valence-corrected chi connectivity index (χ2v) is 6.84. The van der Waals surface area contributed by atoms with Crippen LogP contribution >= 0.6 is 22.7 Å². The molecule has 0 aliphatic rings. The number of thiophene rings is 1. The van der Waals surface area contributed by atoms with Crippen molar-refractivity contribution in [1.82, 2.24) is 10.3 Å². The number of nitrogens with zero attached hydrogens (tertiary/aromatic N) is 1. The lowest BCUT2D eigenvalue weighted by molar-refractivity contribution is 0.0944. The van der Waals surface area contributed by atoms with Crippen LogP contribution < -0.4 is 5.32 Å². The van der Waals surface area contributed by atoms with E-state index in [1.807, 2.05) is 31.4 Å². The Balaban J connectivity index is 2.12. The zero-order valence-electron chi connectivity index (χ0n) is 11.6. The monoisotopic (exact) mass is 294 g/mol. The van der Waals surface area contributed by atoms with Crippen molar-refractivity contribution in [3.63, 3.8) is 0 Å². The van der Waals surface area contributed by atoms with E-state index in [-0.39, 0.29) is 11.9 Å². The molecule has 0 saturated heterocycles. The van der Waals surface area contributed by atoms with E-state index < -0.39 is 0 Å². The van der Waals surface area contributed by atoms with Crippen LogP contribution in [0.5, 0.6) is 0 Å². The molecule has 0 aliphatic heterocycles. The minimum atomic E-state index is -0.0252. The zero-order valence-corrected chi connectivity index (χ0v) is 13.2. The smallest absolute Gasteiger partial charge is 0.263 e. The van der Waals surface area contributed by atoms with E-state index in [0.29, 0.717) is 5.92 Å². The Morgan fingerprint density at radius 1 is 1.37 bits per heavy atom. The quantitative estimate of drug-likeness (QED) is 0.921. The summed E-state index contributed by atoms with van der Waals surface area (Å²) >= 11 is 3.15. The fourth-order valence-corrected chi connectivity index (χ4v) is 3.45. The predicted molar refractivity (Wildman–Crippen MR) is 81.1 cm³/mol. The van der Waals surface area contributed by atoms with Gasteiger partial charge >= 0.3 is 0 Å². The van der Waals surface area contributed by atoms with Crippen molar-refractivity contribution in [2.75, 3.05) is 0 Å². The number of hydrogen-bond donors (Lipinski definition) is 1. The maximum atomic E-state index is 12.3. The third-order valence-electron chi connectivity index (χ3n) is 2.83. The maximum Gasteiger partial charge on any atom is 0.263 e. The Kier molecular flexibility index (Phi) is 4.37. The summed E-state index contributed by atoms with van der Waals surface area (Å²) in [7, 11) is 0. The fourth-order valence-electron chi connectivity index (χ4n) is 1.75. The molecular formula is C14H18N2OS2. The highest BCUT2D eigenvalue weighted by atomic mass is 32.1. The molecule has 1 amide bonds. The van der Waals surface area contributed by atoms with E-state index in [2.05, 4.69) is 24.1 Å². The van der Waals surface area contributed by atoms with Crippen molar-refractivity contribution in [3.05, 3.63) is 38.0 Å². The number of rotatable bonds is 4. The van der Waals surface area contributed by atoms with Crippen LogP contribution in [-0.4, -0.2) is 10.9 Å². The van der Waals surface area contributed by atoms with Crippen LogP contribution in [-0.2, 0) is 0 Å². The van der Waals surface area contributed by atoms with E-state index in [4.69, 9.17) is 0 Å². The summed E-state index contributed by atoms with van der Waals surface area (Å²) < 4.78 is 0. The lowest BCUT2D eigenvalue weighted by atomic mass is 10.2. The second-order valence-electron chi connectivity index (χ2n) is 4.83. The maximum absolute atomic E-state index is 12.3. The average Bonchev–Trinajstić information content (AvgIpc) is 2.97. The summed E-state index contributed by atoms with van der Waals surface area (Å²) in [6.07, 6.45) is 0. The van der Waals surface area contributed by atoms with Gasteiger partial charge in [-0.2, -0.15) is 0 Å². The molecule has 0 spiro atoms. The minimum Gasteiger partial charge on any atom is -0.344 e. The van der Waals surface area contributed by atoms with Crippen LogP contribution in [0, 0.1) is 6.92 Å². The van der Waals surface area contributed by atoms with Crippen molar-refractivity contribution in [1.29, 1.82) is 0 Å². The Bertz CT molecular complexity index is 558. The van der Waals surface area contributed by atoms with E-state index in [1.54, 1.807) is 11.3 Å². The van der Waals surface area contributed by atoms with Crippen LogP contribution in [0.25, 0.3) is 0 Å². The number of amides is 1. The van der Waals surface area contributed by atoms with Gasteiger partial charge in [0.2, 0.25) is 0 Å². The molecule has 19 heavy (non-hydrogen) atoms. The molecule has 5 heteroatoms. The van der Waals surface area contributed by atoms with Crippen LogP contribution in [0.15, 0.2) is 17.5 Å². The summed E-state index contributed by atoms with van der Waals surface area (Å²) in [5.74, 6) is 0.336. The Labute approximate surface area is 121 Å². The number of carbonyl (C=O) groups excluding carboxylic acids is 1. The summed E-state index contributed by atoms with van der Waals surface area (Å²) in [4.78, 5) is 18.6. The number of aryl methyl sites for hydroxylation is 1. The molecule has 0 radical (unpaired) electrons. The fraction of sp³-hybridized carbons (Fsp3) is 0.429. The summed E-state index contributed by atoms with van der Waals surface area (Å²) in [5, 5.41) is 6.07. The molecule has 3 nitrogen and oxygen atoms in total. The van der Waals surface area contributed by atoms with Gasteiger partial charge in [-0.05, 0) is 25.3 Å². The van der Waals surface area contributed by atoms with Gasteiger partial charge in [-0.1, -0.05) is 19.9 Å². The highest BCUT2D eigenvalue weighted by Gasteiger charge is 2.19. The van der Waals surface area contributed by atoms with Gasteiger partial charge < -0.3 is 5.32 Å². The molecule has 0 fully saturated rings. The molecule has 0 bridgehead atoms. The molecule has 0 aliphatic carbocycles. The number of aromatic nitrogens is 1. The normalized spacial score (nSPS) is 12.7. The summed E-state index contributed by atoms with van der Waals surface area (Å²) in [6, 6.07) is 4.07.